The largest absolute Gasteiger partial charge is 0.351 e. The van der Waals surface area contributed by atoms with E-state index in [2.05, 4.69) is 37.5 Å². The van der Waals surface area contributed by atoms with Gasteiger partial charge in [-0.25, -0.2) is 9.97 Å². The maximum atomic E-state index is 5.70. The van der Waals surface area contributed by atoms with Gasteiger partial charge in [-0.1, -0.05) is 12.8 Å². The van der Waals surface area contributed by atoms with Crippen LogP contribution in [0.5, 0.6) is 0 Å². The van der Waals surface area contributed by atoms with Crippen LogP contribution in [0.25, 0.3) is 0 Å². The lowest BCUT2D eigenvalue weighted by molar-refractivity contribution is 0.600. The first-order valence-corrected chi connectivity index (χ1v) is 6.83. The lowest BCUT2D eigenvalue weighted by atomic mass is 10.2. The number of rotatable bonds is 4. The van der Waals surface area contributed by atoms with Gasteiger partial charge in [0.05, 0.1) is 3.57 Å². The van der Waals surface area contributed by atoms with E-state index in [1.54, 1.807) is 6.33 Å². The molecule has 0 bridgehead atoms. The van der Waals surface area contributed by atoms with Gasteiger partial charge in [0.15, 0.2) is 0 Å². The zero-order valence-corrected chi connectivity index (χ0v) is 11.4. The monoisotopic (exact) mass is 332 g/mol. The fourth-order valence-electron chi connectivity index (χ4n) is 2.33. The molecule has 0 saturated heterocycles. The maximum Gasteiger partial charge on any atom is 0.145 e. The molecule has 4 nitrogen and oxygen atoms in total. The Bertz CT molecular complexity index is 339. The highest BCUT2D eigenvalue weighted by Crippen LogP contribution is 2.28. The van der Waals surface area contributed by atoms with Crippen LogP contribution in [0, 0.1) is 3.57 Å². The number of hydrogen-bond acceptors (Lipinski definition) is 4. The van der Waals surface area contributed by atoms with Crippen molar-refractivity contribution >= 4 is 28.4 Å². The minimum absolute atomic E-state index is 0.618. The van der Waals surface area contributed by atoms with Gasteiger partial charge in [-0.2, -0.15) is 0 Å². The van der Waals surface area contributed by atoms with Crippen molar-refractivity contribution in [1.82, 2.24) is 9.97 Å². The number of nitrogens with two attached hydrogens (primary N) is 1. The van der Waals surface area contributed by atoms with E-state index in [0.717, 1.165) is 15.9 Å². The molecule has 2 N–H and O–H groups in total. The molecular formula is C11H17IN4. The van der Waals surface area contributed by atoms with E-state index in [4.69, 9.17) is 5.73 Å². The number of anilines is 1. The number of hydrogen-bond donors (Lipinski definition) is 1. The summed E-state index contributed by atoms with van der Waals surface area (Å²) in [5.74, 6) is 1.05. The maximum absolute atomic E-state index is 5.70. The third-order valence-electron chi connectivity index (χ3n) is 3.06. The van der Waals surface area contributed by atoms with E-state index in [1.165, 1.54) is 25.7 Å². The third kappa shape index (κ3) is 2.63. The Kier molecular flexibility index (Phi) is 4.34. The molecule has 1 saturated carbocycles. The first-order chi connectivity index (χ1) is 7.83. The molecule has 16 heavy (non-hydrogen) atoms. The standard InChI is InChI=1S/C11H17IN4/c12-10-7-14-8-15-11(10)16(6-5-13)9-3-1-2-4-9/h7-9H,1-6,13H2. The fourth-order valence-corrected chi connectivity index (χ4v) is 2.94. The molecule has 0 atom stereocenters. The first kappa shape index (κ1) is 12.0. The van der Waals surface area contributed by atoms with Crippen molar-refractivity contribution in [2.24, 2.45) is 5.73 Å². The molecule has 0 unspecified atom stereocenters. The minimum Gasteiger partial charge on any atom is -0.351 e. The van der Waals surface area contributed by atoms with Gasteiger partial charge < -0.3 is 10.6 Å². The molecule has 5 heteroatoms. The van der Waals surface area contributed by atoms with E-state index in [0.29, 0.717) is 12.6 Å². The summed E-state index contributed by atoms with van der Waals surface area (Å²) in [4.78, 5) is 10.8. The SMILES string of the molecule is NCCN(c1ncncc1I)C1CCCC1. The van der Waals surface area contributed by atoms with E-state index in [1.807, 2.05) is 6.20 Å². The van der Waals surface area contributed by atoms with Crippen LogP contribution in [-0.2, 0) is 0 Å². The molecule has 1 aromatic heterocycles. The highest BCUT2D eigenvalue weighted by molar-refractivity contribution is 14.1. The normalized spacial score (nSPS) is 16.6. The molecule has 0 amide bonds. The Morgan fingerprint density at radius 1 is 1.44 bits per heavy atom. The number of halogens is 1. The lowest BCUT2D eigenvalue weighted by Crippen LogP contribution is -2.38. The Balaban J connectivity index is 2.21. The molecule has 0 aromatic carbocycles. The summed E-state index contributed by atoms with van der Waals surface area (Å²) in [6.07, 6.45) is 8.66. The third-order valence-corrected chi connectivity index (χ3v) is 3.82. The summed E-state index contributed by atoms with van der Waals surface area (Å²) in [5, 5.41) is 0. The lowest BCUT2D eigenvalue weighted by Gasteiger charge is -2.30. The van der Waals surface area contributed by atoms with Crippen LogP contribution in [0.4, 0.5) is 5.82 Å². The predicted octanol–water partition coefficient (Wildman–Crippen LogP) is 1.79. The van der Waals surface area contributed by atoms with Crippen molar-refractivity contribution in [3.8, 4) is 0 Å². The van der Waals surface area contributed by atoms with Gasteiger partial charge in [0.1, 0.15) is 12.1 Å². The molecule has 1 aliphatic rings. The van der Waals surface area contributed by atoms with Crippen LogP contribution >= 0.6 is 22.6 Å². The van der Waals surface area contributed by atoms with Crippen LogP contribution in [0.3, 0.4) is 0 Å². The first-order valence-electron chi connectivity index (χ1n) is 5.75. The molecule has 0 spiro atoms. The van der Waals surface area contributed by atoms with Crippen molar-refractivity contribution in [2.75, 3.05) is 18.0 Å². The van der Waals surface area contributed by atoms with E-state index < -0.39 is 0 Å². The van der Waals surface area contributed by atoms with Crippen LogP contribution in [-0.4, -0.2) is 29.1 Å². The predicted molar refractivity (Wildman–Crippen MR) is 73.4 cm³/mol. The Labute approximate surface area is 110 Å². The Hall–Kier alpha value is -0.430. The molecule has 1 heterocycles. The number of aromatic nitrogens is 2. The van der Waals surface area contributed by atoms with Crippen molar-refractivity contribution in [1.29, 1.82) is 0 Å². The van der Waals surface area contributed by atoms with Gasteiger partial charge in [-0.05, 0) is 35.4 Å². The second-order valence-electron chi connectivity index (χ2n) is 4.11. The van der Waals surface area contributed by atoms with Crippen LogP contribution < -0.4 is 10.6 Å². The van der Waals surface area contributed by atoms with E-state index in [-0.39, 0.29) is 0 Å². The summed E-state index contributed by atoms with van der Waals surface area (Å²) < 4.78 is 1.11. The molecule has 1 fully saturated rings. The topological polar surface area (TPSA) is 55.0 Å². The summed E-state index contributed by atoms with van der Waals surface area (Å²) in [5.41, 5.74) is 5.70. The van der Waals surface area contributed by atoms with Gasteiger partial charge in [-0.3, -0.25) is 0 Å². The summed E-state index contributed by atoms with van der Waals surface area (Å²) >= 11 is 2.29. The molecule has 0 aliphatic heterocycles. The van der Waals surface area contributed by atoms with Gasteiger partial charge in [0, 0.05) is 25.3 Å². The van der Waals surface area contributed by atoms with Crippen molar-refractivity contribution in [3.05, 3.63) is 16.1 Å². The fraction of sp³-hybridized carbons (Fsp3) is 0.636. The van der Waals surface area contributed by atoms with Crippen molar-refractivity contribution < 1.29 is 0 Å². The summed E-state index contributed by atoms with van der Waals surface area (Å²) in [7, 11) is 0. The van der Waals surface area contributed by atoms with E-state index in [9.17, 15) is 0 Å². The van der Waals surface area contributed by atoms with Crippen LogP contribution in [0.1, 0.15) is 25.7 Å². The molecule has 0 radical (unpaired) electrons. The van der Waals surface area contributed by atoms with Gasteiger partial charge >= 0.3 is 0 Å². The molecule has 1 aromatic rings. The summed E-state index contributed by atoms with van der Waals surface area (Å²) in [6, 6.07) is 0.618. The molecule has 88 valence electrons. The van der Waals surface area contributed by atoms with Gasteiger partial charge in [0.2, 0.25) is 0 Å². The zero-order chi connectivity index (χ0) is 11.4. The van der Waals surface area contributed by atoms with Crippen molar-refractivity contribution in [2.45, 2.75) is 31.7 Å². The zero-order valence-electron chi connectivity index (χ0n) is 9.27. The average molecular weight is 332 g/mol. The van der Waals surface area contributed by atoms with Gasteiger partial charge in [0.25, 0.3) is 0 Å². The minimum atomic E-state index is 0.618. The van der Waals surface area contributed by atoms with Crippen molar-refractivity contribution in [3.63, 3.8) is 0 Å². The number of nitrogens with zero attached hydrogens (tertiary/aromatic N) is 3. The molecule has 1 aliphatic carbocycles. The highest BCUT2D eigenvalue weighted by Gasteiger charge is 2.24. The quantitative estimate of drug-likeness (QED) is 0.854. The molecule has 2 rings (SSSR count). The van der Waals surface area contributed by atoms with E-state index >= 15 is 0 Å². The second-order valence-corrected chi connectivity index (χ2v) is 5.28. The second kappa shape index (κ2) is 5.77. The average Bonchev–Trinajstić information content (AvgIpc) is 2.80. The summed E-state index contributed by atoms with van der Waals surface area (Å²) in [6.45, 7) is 1.56. The smallest absolute Gasteiger partial charge is 0.145 e. The highest BCUT2D eigenvalue weighted by atomic mass is 127. The van der Waals surface area contributed by atoms with Gasteiger partial charge in [-0.15, -0.1) is 0 Å². The van der Waals surface area contributed by atoms with Crippen LogP contribution in [0.2, 0.25) is 0 Å². The van der Waals surface area contributed by atoms with Crippen LogP contribution in [0.15, 0.2) is 12.5 Å². The molecular weight excluding hydrogens is 315 g/mol. The Morgan fingerprint density at radius 3 is 2.81 bits per heavy atom. The Morgan fingerprint density at radius 2 is 2.19 bits per heavy atom.